The monoisotopic (exact) mass is 223 g/mol. The van der Waals surface area contributed by atoms with E-state index >= 15 is 0 Å². The third kappa shape index (κ3) is 5.57. The van der Waals surface area contributed by atoms with Crippen molar-refractivity contribution in [3.63, 3.8) is 0 Å². The molecule has 4 nitrogen and oxygen atoms in total. The van der Waals surface area contributed by atoms with Crippen molar-refractivity contribution in [2.75, 3.05) is 19.3 Å². The molecule has 0 aromatic rings. The lowest BCUT2D eigenvalue weighted by molar-refractivity contribution is 0.177. The second-order valence-corrected chi connectivity index (χ2v) is 5.82. The maximum absolute atomic E-state index is 11.5. The lowest BCUT2D eigenvalue weighted by atomic mass is 10.3. The first-order chi connectivity index (χ1) is 6.40. The third-order valence-corrected chi connectivity index (χ3v) is 4.03. The molecule has 14 heavy (non-hydrogen) atoms. The van der Waals surface area contributed by atoms with E-state index < -0.39 is 16.1 Å². The Morgan fingerprint density at radius 1 is 1.43 bits per heavy atom. The summed E-state index contributed by atoms with van der Waals surface area (Å²) >= 11 is 0. The summed E-state index contributed by atoms with van der Waals surface area (Å²) in [6.07, 6.45) is 1.62. The van der Waals surface area contributed by atoms with Gasteiger partial charge in [0, 0.05) is 13.6 Å². The van der Waals surface area contributed by atoms with Crippen molar-refractivity contribution in [3.05, 3.63) is 0 Å². The molecule has 1 unspecified atom stereocenters. The van der Waals surface area contributed by atoms with E-state index in [1.54, 1.807) is 14.0 Å². The van der Waals surface area contributed by atoms with Crippen LogP contribution in [0.5, 0.6) is 0 Å². The predicted octanol–water partition coefficient (Wildman–Crippen LogP) is 0.819. The number of unbranched alkanes of at least 4 members (excludes halogenated alkanes) is 1. The van der Waals surface area contributed by atoms with Gasteiger partial charge in [-0.3, -0.25) is 0 Å². The molecule has 1 atom stereocenters. The van der Waals surface area contributed by atoms with Crippen LogP contribution in [-0.2, 0) is 10.0 Å². The van der Waals surface area contributed by atoms with E-state index in [0.29, 0.717) is 19.4 Å². The highest BCUT2D eigenvalue weighted by atomic mass is 32.2. The van der Waals surface area contributed by atoms with E-state index in [2.05, 4.69) is 0 Å². The summed E-state index contributed by atoms with van der Waals surface area (Å²) in [6.45, 7) is 4.02. The van der Waals surface area contributed by atoms with Crippen molar-refractivity contribution in [3.8, 4) is 0 Å². The number of hydrogen-bond acceptors (Lipinski definition) is 3. The molecule has 0 heterocycles. The fraction of sp³-hybridized carbons (Fsp3) is 1.00. The largest absolute Gasteiger partial charge is 0.393 e. The van der Waals surface area contributed by atoms with Crippen molar-refractivity contribution in [1.82, 2.24) is 4.31 Å². The molecule has 0 rings (SSSR count). The average Bonchev–Trinajstić information content (AvgIpc) is 2.10. The zero-order valence-electron chi connectivity index (χ0n) is 9.23. The summed E-state index contributed by atoms with van der Waals surface area (Å²) in [5.41, 5.74) is 0. The van der Waals surface area contributed by atoms with Gasteiger partial charge in [-0.1, -0.05) is 13.3 Å². The smallest absolute Gasteiger partial charge is 0.213 e. The maximum atomic E-state index is 11.5. The standard InChI is InChI=1S/C9H21NO3S/c1-4-5-8-14(12,13)10(3)7-6-9(2)11/h9,11H,4-8H2,1-3H3. The van der Waals surface area contributed by atoms with Gasteiger partial charge in [-0.15, -0.1) is 0 Å². The molecular formula is C9H21NO3S. The van der Waals surface area contributed by atoms with Crippen LogP contribution in [0.3, 0.4) is 0 Å². The molecule has 0 amide bonds. The quantitative estimate of drug-likeness (QED) is 0.695. The first kappa shape index (κ1) is 13.9. The van der Waals surface area contributed by atoms with Gasteiger partial charge in [0.2, 0.25) is 10.0 Å². The highest BCUT2D eigenvalue weighted by Crippen LogP contribution is 2.04. The zero-order valence-corrected chi connectivity index (χ0v) is 10.0. The Bertz CT molecular complexity index is 236. The molecule has 0 saturated carbocycles. The molecule has 0 aliphatic heterocycles. The topological polar surface area (TPSA) is 57.6 Å². The fourth-order valence-corrected chi connectivity index (χ4v) is 2.34. The van der Waals surface area contributed by atoms with Crippen molar-refractivity contribution in [1.29, 1.82) is 0 Å². The van der Waals surface area contributed by atoms with E-state index in [4.69, 9.17) is 5.11 Å². The number of sulfonamides is 1. The molecule has 0 aromatic heterocycles. The molecule has 0 radical (unpaired) electrons. The Morgan fingerprint density at radius 2 is 2.00 bits per heavy atom. The van der Waals surface area contributed by atoms with Crippen LogP contribution in [0.2, 0.25) is 0 Å². The summed E-state index contributed by atoms with van der Waals surface area (Å²) in [6, 6.07) is 0. The minimum Gasteiger partial charge on any atom is -0.393 e. The number of aliphatic hydroxyl groups is 1. The third-order valence-electron chi connectivity index (χ3n) is 2.09. The highest BCUT2D eigenvalue weighted by Gasteiger charge is 2.16. The summed E-state index contributed by atoms with van der Waals surface area (Å²) in [7, 11) is -1.53. The highest BCUT2D eigenvalue weighted by molar-refractivity contribution is 7.89. The average molecular weight is 223 g/mol. The Morgan fingerprint density at radius 3 is 2.43 bits per heavy atom. The number of rotatable bonds is 7. The number of aliphatic hydroxyl groups excluding tert-OH is 1. The zero-order chi connectivity index (χ0) is 11.2. The Balaban J connectivity index is 4.01. The van der Waals surface area contributed by atoms with Gasteiger partial charge < -0.3 is 5.11 Å². The van der Waals surface area contributed by atoms with Crippen molar-refractivity contribution in [2.24, 2.45) is 0 Å². The Hall–Kier alpha value is -0.130. The molecular weight excluding hydrogens is 202 g/mol. The van der Waals surface area contributed by atoms with Crippen molar-refractivity contribution >= 4 is 10.0 Å². The van der Waals surface area contributed by atoms with Crippen LogP contribution in [0.1, 0.15) is 33.1 Å². The van der Waals surface area contributed by atoms with E-state index in [1.165, 1.54) is 4.31 Å². The molecule has 0 saturated heterocycles. The Labute approximate surface area is 87.0 Å². The lowest BCUT2D eigenvalue weighted by Gasteiger charge is -2.17. The number of nitrogens with zero attached hydrogens (tertiary/aromatic N) is 1. The molecule has 0 fully saturated rings. The molecule has 0 bridgehead atoms. The van der Waals surface area contributed by atoms with Gasteiger partial charge >= 0.3 is 0 Å². The van der Waals surface area contributed by atoms with Gasteiger partial charge in [-0.25, -0.2) is 12.7 Å². The maximum Gasteiger partial charge on any atom is 0.213 e. The molecule has 86 valence electrons. The van der Waals surface area contributed by atoms with Crippen LogP contribution < -0.4 is 0 Å². The van der Waals surface area contributed by atoms with Crippen molar-refractivity contribution in [2.45, 2.75) is 39.2 Å². The van der Waals surface area contributed by atoms with Gasteiger partial charge in [0.15, 0.2) is 0 Å². The SMILES string of the molecule is CCCCS(=O)(=O)N(C)CCC(C)O. The summed E-state index contributed by atoms with van der Waals surface area (Å²) in [4.78, 5) is 0. The number of hydrogen-bond donors (Lipinski definition) is 1. The van der Waals surface area contributed by atoms with Crippen LogP contribution in [0.15, 0.2) is 0 Å². The molecule has 5 heteroatoms. The van der Waals surface area contributed by atoms with E-state index in [1.807, 2.05) is 6.92 Å². The van der Waals surface area contributed by atoms with Crippen molar-refractivity contribution < 1.29 is 13.5 Å². The van der Waals surface area contributed by atoms with Gasteiger partial charge in [0.05, 0.1) is 11.9 Å². The first-order valence-electron chi connectivity index (χ1n) is 5.02. The molecule has 1 N–H and O–H groups in total. The van der Waals surface area contributed by atoms with E-state index in [-0.39, 0.29) is 5.75 Å². The van der Waals surface area contributed by atoms with E-state index in [0.717, 1.165) is 6.42 Å². The lowest BCUT2D eigenvalue weighted by Crippen LogP contribution is -2.31. The molecule has 0 aliphatic rings. The summed E-state index contributed by atoms with van der Waals surface area (Å²) in [5.74, 6) is 0.208. The minimum atomic E-state index is -3.10. The molecule has 0 spiro atoms. The first-order valence-corrected chi connectivity index (χ1v) is 6.63. The summed E-state index contributed by atoms with van der Waals surface area (Å²) < 4.78 is 24.4. The fourth-order valence-electron chi connectivity index (χ4n) is 0.990. The van der Waals surface area contributed by atoms with Gasteiger partial charge in [-0.05, 0) is 19.8 Å². The van der Waals surface area contributed by atoms with Gasteiger partial charge in [0.25, 0.3) is 0 Å². The molecule has 0 aliphatic carbocycles. The minimum absolute atomic E-state index is 0.208. The van der Waals surface area contributed by atoms with Crippen LogP contribution >= 0.6 is 0 Å². The van der Waals surface area contributed by atoms with Crippen LogP contribution in [0.4, 0.5) is 0 Å². The predicted molar refractivity (Wildman–Crippen MR) is 57.6 cm³/mol. The normalized spacial score (nSPS) is 14.6. The Kier molecular flexibility index (Phi) is 6.31. The second kappa shape index (κ2) is 6.37. The molecule has 0 aromatic carbocycles. The van der Waals surface area contributed by atoms with Gasteiger partial charge in [0.1, 0.15) is 0 Å². The van der Waals surface area contributed by atoms with Crippen LogP contribution in [0, 0.1) is 0 Å². The summed E-state index contributed by atoms with van der Waals surface area (Å²) in [5, 5.41) is 9.02. The van der Waals surface area contributed by atoms with Crippen LogP contribution in [0.25, 0.3) is 0 Å². The van der Waals surface area contributed by atoms with Crippen LogP contribution in [-0.4, -0.2) is 43.3 Å². The second-order valence-electron chi connectivity index (χ2n) is 3.63. The van der Waals surface area contributed by atoms with Gasteiger partial charge in [-0.2, -0.15) is 0 Å². The van der Waals surface area contributed by atoms with E-state index in [9.17, 15) is 8.42 Å².